The topological polar surface area (TPSA) is 68.8 Å². The number of fused-ring (bicyclic) bond motifs is 1. The van der Waals surface area contributed by atoms with Crippen LogP contribution in [0.3, 0.4) is 0 Å². The van der Waals surface area contributed by atoms with Crippen LogP contribution in [-0.4, -0.2) is 20.6 Å². The second-order valence-corrected chi connectivity index (χ2v) is 9.47. The number of pyridine rings is 1. The van der Waals surface area contributed by atoms with Crippen molar-refractivity contribution in [3.05, 3.63) is 35.7 Å². The molecule has 26 heavy (non-hydrogen) atoms. The zero-order valence-corrected chi connectivity index (χ0v) is 18.7. The summed E-state index contributed by atoms with van der Waals surface area (Å²) < 4.78 is 2.10. The van der Waals surface area contributed by atoms with Crippen molar-refractivity contribution in [2.24, 2.45) is 0 Å². The van der Waals surface area contributed by atoms with Gasteiger partial charge in [-0.1, -0.05) is 12.5 Å². The molecule has 136 valence electrons. The van der Waals surface area contributed by atoms with E-state index >= 15 is 0 Å². The Hall–Kier alpha value is -1.05. The zero-order chi connectivity index (χ0) is 18.3. The van der Waals surface area contributed by atoms with Crippen LogP contribution in [0.25, 0.3) is 11.2 Å². The van der Waals surface area contributed by atoms with E-state index in [9.17, 15) is 0 Å². The number of imidazole rings is 1. The van der Waals surface area contributed by atoms with Gasteiger partial charge in [0.2, 0.25) is 0 Å². The number of nitrogen functional groups attached to an aromatic ring is 1. The minimum absolute atomic E-state index is 0.507. The number of anilines is 3. The Morgan fingerprint density at radius 2 is 2.08 bits per heavy atom. The number of rotatable bonds is 5. The van der Waals surface area contributed by atoms with E-state index in [0.29, 0.717) is 12.2 Å². The third kappa shape index (κ3) is 3.29. The highest BCUT2D eigenvalue weighted by molar-refractivity contribution is 14.2. The Morgan fingerprint density at radius 1 is 1.27 bits per heavy atom. The van der Waals surface area contributed by atoms with E-state index in [1.807, 2.05) is 13.0 Å². The standard InChI is InChI=1S/C18H21IN5PS/c1-10-21-17-14(9-16(20)23-18(17)24(10)25-19)22-13-7-6-12(8-15(13)26-2)11-4-3-5-11/h6-9,11,25H,3-5H2,1-2H3,(H3,20,22,23). The molecule has 0 saturated heterocycles. The van der Waals surface area contributed by atoms with Crippen molar-refractivity contribution < 1.29 is 0 Å². The van der Waals surface area contributed by atoms with Crippen molar-refractivity contribution in [1.29, 1.82) is 0 Å². The van der Waals surface area contributed by atoms with Gasteiger partial charge in [-0.05, 0) is 71.7 Å². The Balaban J connectivity index is 1.75. The highest BCUT2D eigenvalue weighted by Gasteiger charge is 2.21. The van der Waals surface area contributed by atoms with Crippen molar-refractivity contribution in [2.75, 3.05) is 17.3 Å². The fraction of sp³-hybridized carbons (Fsp3) is 0.333. The van der Waals surface area contributed by atoms with E-state index in [2.05, 4.69) is 61.1 Å². The lowest BCUT2D eigenvalue weighted by molar-refractivity contribution is 0.419. The van der Waals surface area contributed by atoms with Gasteiger partial charge in [-0.25, -0.2) is 9.97 Å². The minimum atomic E-state index is 0.507. The van der Waals surface area contributed by atoms with Gasteiger partial charge >= 0.3 is 0 Å². The van der Waals surface area contributed by atoms with Crippen LogP contribution in [0, 0.1) is 6.92 Å². The lowest BCUT2D eigenvalue weighted by Gasteiger charge is -2.26. The van der Waals surface area contributed by atoms with Crippen LogP contribution in [0.1, 0.15) is 36.6 Å². The fourth-order valence-electron chi connectivity index (χ4n) is 3.32. The van der Waals surface area contributed by atoms with E-state index in [-0.39, 0.29) is 0 Å². The second-order valence-electron chi connectivity index (χ2n) is 6.56. The highest BCUT2D eigenvalue weighted by Crippen LogP contribution is 2.40. The average Bonchev–Trinajstić information content (AvgIpc) is 2.89. The van der Waals surface area contributed by atoms with Gasteiger partial charge < -0.3 is 11.1 Å². The number of halogens is 1. The molecule has 2 aromatic heterocycles. The molecule has 2 heterocycles. The summed E-state index contributed by atoms with van der Waals surface area (Å²) in [5.74, 6) is 2.20. The number of benzene rings is 1. The molecule has 8 heteroatoms. The van der Waals surface area contributed by atoms with Gasteiger partial charge in [-0.2, -0.15) is 0 Å². The summed E-state index contributed by atoms with van der Waals surface area (Å²) in [4.78, 5) is 10.5. The quantitative estimate of drug-likeness (QED) is 0.263. The predicted molar refractivity (Wildman–Crippen MR) is 123 cm³/mol. The smallest absolute Gasteiger partial charge is 0.168 e. The molecule has 0 bridgehead atoms. The highest BCUT2D eigenvalue weighted by atomic mass is 127. The maximum Gasteiger partial charge on any atom is 0.168 e. The molecule has 0 aliphatic heterocycles. The Morgan fingerprint density at radius 3 is 2.73 bits per heavy atom. The summed E-state index contributed by atoms with van der Waals surface area (Å²) in [5.41, 5.74) is 11.2. The first-order chi connectivity index (χ1) is 12.6. The molecule has 0 radical (unpaired) electrons. The third-order valence-electron chi connectivity index (χ3n) is 4.96. The number of thioether (sulfide) groups is 1. The molecule has 0 spiro atoms. The number of aromatic nitrogens is 3. The minimum Gasteiger partial charge on any atom is -0.384 e. The number of nitrogens with zero attached hydrogens (tertiary/aromatic N) is 3. The van der Waals surface area contributed by atoms with Crippen LogP contribution in [0.5, 0.6) is 0 Å². The lowest BCUT2D eigenvalue weighted by Crippen LogP contribution is -2.09. The molecular formula is C18H21IN5PS. The van der Waals surface area contributed by atoms with Crippen molar-refractivity contribution in [3.8, 4) is 0 Å². The Bertz CT molecular complexity index is 970. The van der Waals surface area contributed by atoms with Crippen LogP contribution in [-0.2, 0) is 0 Å². The molecule has 1 saturated carbocycles. The van der Waals surface area contributed by atoms with Gasteiger partial charge in [0.15, 0.2) is 5.65 Å². The van der Waals surface area contributed by atoms with Crippen LogP contribution in [0.2, 0.25) is 0 Å². The van der Waals surface area contributed by atoms with Gasteiger partial charge in [-0.15, -0.1) is 11.8 Å². The first-order valence-electron chi connectivity index (χ1n) is 8.58. The first kappa shape index (κ1) is 18.3. The monoisotopic (exact) mass is 497 g/mol. The number of nitrogens with one attached hydrogen (secondary N) is 1. The van der Waals surface area contributed by atoms with E-state index in [1.54, 1.807) is 11.8 Å². The molecule has 1 aromatic carbocycles. The van der Waals surface area contributed by atoms with Gasteiger partial charge in [0.05, 0.1) is 17.7 Å². The normalized spacial score (nSPS) is 15.0. The maximum absolute atomic E-state index is 6.07. The van der Waals surface area contributed by atoms with Crippen LogP contribution in [0.4, 0.5) is 17.2 Å². The SMILES string of the molecule is CSc1cc(C2CCC2)ccc1Nc1cc(N)nc2c1nc(C)n2PI. The van der Waals surface area contributed by atoms with Crippen molar-refractivity contribution >= 4 is 68.5 Å². The van der Waals surface area contributed by atoms with E-state index < -0.39 is 0 Å². The van der Waals surface area contributed by atoms with Crippen molar-refractivity contribution in [1.82, 2.24) is 14.3 Å². The summed E-state index contributed by atoms with van der Waals surface area (Å²) in [6, 6.07) is 8.64. The van der Waals surface area contributed by atoms with Gasteiger partial charge in [0.1, 0.15) is 17.2 Å². The molecule has 1 aliphatic carbocycles. The van der Waals surface area contributed by atoms with Crippen LogP contribution < -0.4 is 11.1 Å². The van der Waals surface area contributed by atoms with Crippen molar-refractivity contribution in [2.45, 2.75) is 37.0 Å². The molecule has 4 rings (SSSR count). The molecule has 3 N–H and O–H groups in total. The summed E-state index contributed by atoms with van der Waals surface area (Å²) in [5, 5.41) is 3.56. The van der Waals surface area contributed by atoms with Gasteiger partial charge in [-0.3, -0.25) is 4.34 Å². The number of nitrogens with two attached hydrogens (primary N) is 1. The first-order valence-corrected chi connectivity index (χ1v) is 13.9. The van der Waals surface area contributed by atoms with Crippen LogP contribution >= 0.6 is 40.2 Å². The summed E-state index contributed by atoms with van der Waals surface area (Å²) in [6.45, 7) is 2.01. The maximum atomic E-state index is 6.07. The average molecular weight is 497 g/mol. The summed E-state index contributed by atoms with van der Waals surface area (Å²) in [7, 11) is 0. The molecule has 0 amide bonds. The van der Waals surface area contributed by atoms with E-state index in [0.717, 1.165) is 34.3 Å². The van der Waals surface area contributed by atoms with Gasteiger partial charge in [0.25, 0.3) is 0 Å². The lowest BCUT2D eigenvalue weighted by atomic mass is 9.80. The Labute approximate surface area is 172 Å². The molecule has 1 atom stereocenters. The molecule has 1 fully saturated rings. The number of aryl methyl sites for hydroxylation is 1. The van der Waals surface area contributed by atoms with Gasteiger partial charge in [0, 0.05) is 11.0 Å². The van der Waals surface area contributed by atoms with E-state index in [4.69, 9.17) is 10.7 Å². The molecule has 3 aromatic rings. The van der Waals surface area contributed by atoms with Crippen molar-refractivity contribution in [3.63, 3.8) is 0 Å². The summed E-state index contributed by atoms with van der Waals surface area (Å²) in [6.07, 6.45) is 6.65. The van der Waals surface area contributed by atoms with Crippen LogP contribution in [0.15, 0.2) is 29.2 Å². The predicted octanol–water partition coefficient (Wildman–Crippen LogP) is 5.85. The fourth-order valence-corrected chi connectivity index (χ4v) is 6.06. The molecular weight excluding hydrogens is 476 g/mol. The molecule has 1 unspecified atom stereocenters. The second kappa shape index (κ2) is 7.52. The van der Waals surface area contributed by atoms with E-state index in [1.165, 1.54) is 29.7 Å². The largest absolute Gasteiger partial charge is 0.384 e. The number of hydrogen-bond acceptors (Lipinski definition) is 5. The molecule has 5 nitrogen and oxygen atoms in total. The summed E-state index contributed by atoms with van der Waals surface area (Å²) >= 11 is 4.12. The number of hydrogen-bond donors (Lipinski definition) is 2. The zero-order valence-electron chi connectivity index (χ0n) is 14.7. The molecule has 1 aliphatic rings. The Kier molecular flexibility index (Phi) is 5.30. The third-order valence-corrected chi connectivity index (χ3v) is 7.89.